The Morgan fingerprint density at radius 2 is 2.18 bits per heavy atom. The lowest BCUT2D eigenvalue weighted by Gasteiger charge is -2.16. The van der Waals surface area contributed by atoms with Crippen molar-refractivity contribution in [1.29, 1.82) is 0 Å². The second kappa shape index (κ2) is 4.41. The third kappa shape index (κ3) is 2.03. The smallest absolute Gasteiger partial charge is 0.351 e. The summed E-state index contributed by atoms with van der Waals surface area (Å²) < 4.78 is 6.19. The van der Waals surface area contributed by atoms with E-state index in [-0.39, 0.29) is 5.82 Å². The zero-order valence-electron chi connectivity index (χ0n) is 8.80. The van der Waals surface area contributed by atoms with E-state index in [4.69, 9.17) is 15.6 Å². The highest BCUT2D eigenvalue weighted by Crippen LogP contribution is 2.27. The van der Waals surface area contributed by atoms with Crippen molar-refractivity contribution < 1.29 is 20.1 Å². The van der Waals surface area contributed by atoms with E-state index >= 15 is 0 Å². The normalized spacial score (nSPS) is 32.9. The molecule has 0 aromatic carbocycles. The maximum absolute atomic E-state index is 11.5. The summed E-state index contributed by atoms with van der Waals surface area (Å²) in [5.74, 6) is 0.0537. The van der Waals surface area contributed by atoms with Crippen LogP contribution in [0.2, 0.25) is 0 Å². The van der Waals surface area contributed by atoms with Gasteiger partial charge in [0.25, 0.3) is 0 Å². The van der Waals surface area contributed by atoms with E-state index in [9.17, 15) is 15.0 Å². The van der Waals surface area contributed by atoms with E-state index in [1.165, 1.54) is 12.3 Å². The van der Waals surface area contributed by atoms with Crippen molar-refractivity contribution in [1.82, 2.24) is 9.55 Å². The van der Waals surface area contributed by atoms with Crippen molar-refractivity contribution >= 4 is 5.82 Å². The van der Waals surface area contributed by atoms with Crippen LogP contribution >= 0.6 is 0 Å². The third-order valence-corrected chi connectivity index (χ3v) is 2.64. The Morgan fingerprint density at radius 3 is 2.71 bits per heavy atom. The van der Waals surface area contributed by atoms with Crippen LogP contribution in [-0.4, -0.2) is 49.8 Å². The Morgan fingerprint density at radius 1 is 1.47 bits per heavy atom. The van der Waals surface area contributed by atoms with Crippen LogP contribution in [0.5, 0.6) is 0 Å². The van der Waals surface area contributed by atoms with E-state index in [0.717, 1.165) is 4.57 Å². The van der Waals surface area contributed by atoms with Gasteiger partial charge in [-0.05, 0) is 6.07 Å². The molecule has 0 amide bonds. The van der Waals surface area contributed by atoms with Crippen molar-refractivity contribution in [3.63, 3.8) is 0 Å². The predicted molar refractivity (Wildman–Crippen MR) is 55.9 cm³/mol. The molecule has 8 heteroatoms. The summed E-state index contributed by atoms with van der Waals surface area (Å²) in [6, 6.07) is 1.37. The summed E-state index contributed by atoms with van der Waals surface area (Å²) >= 11 is 0. The first kappa shape index (κ1) is 12.0. The Bertz CT molecular complexity index is 462. The second-order valence-electron chi connectivity index (χ2n) is 3.77. The van der Waals surface area contributed by atoms with E-state index in [2.05, 4.69) is 4.98 Å². The van der Waals surface area contributed by atoms with E-state index < -0.39 is 36.8 Å². The zero-order valence-corrected chi connectivity index (χ0v) is 8.80. The molecule has 8 nitrogen and oxygen atoms in total. The van der Waals surface area contributed by atoms with Crippen molar-refractivity contribution in [2.75, 3.05) is 12.3 Å². The van der Waals surface area contributed by atoms with Crippen molar-refractivity contribution in [2.45, 2.75) is 24.5 Å². The molecule has 1 aliphatic heterocycles. The number of nitrogen functional groups attached to an aromatic ring is 1. The van der Waals surface area contributed by atoms with Crippen LogP contribution in [-0.2, 0) is 4.74 Å². The van der Waals surface area contributed by atoms with Gasteiger partial charge in [-0.1, -0.05) is 0 Å². The first-order chi connectivity index (χ1) is 8.04. The average molecular weight is 243 g/mol. The molecule has 1 aromatic heterocycles. The maximum atomic E-state index is 11.5. The number of aliphatic hydroxyl groups is 3. The molecule has 0 saturated carbocycles. The quantitative estimate of drug-likeness (QED) is 0.449. The SMILES string of the molecule is Nc1ccn(C2O[C@@H](CO)[C@H](O)[C@H]2O)c(=O)n1. The lowest BCUT2D eigenvalue weighted by molar-refractivity contribution is -0.0549. The van der Waals surface area contributed by atoms with Crippen LogP contribution in [0.1, 0.15) is 6.23 Å². The Balaban J connectivity index is 2.32. The van der Waals surface area contributed by atoms with E-state index in [0.29, 0.717) is 0 Å². The van der Waals surface area contributed by atoms with E-state index in [1.54, 1.807) is 0 Å². The van der Waals surface area contributed by atoms with Crippen LogP contribution in [0.4, 0.5) is 5.82 Å². The van der Waals surface area contributed by atoms with Gasteiger partial charge in [-0.3, -0.25) is 4.57 Å². The number of hydrogen-bond donors (Lipinski definition) is 4. The molecule has 1 unspecified atom stereocenters. The Kier molecular flexibility index (Phi) is 3.11. The molecular formula is C9H13N3O5. The third-order valence-electron chi connectivity index (χ3n) is 2.64. The fourth-order valence-electron chi connectivity index (χ4n) is 1.73. The molecular weight excluding hydrogens is 230 g/mol. The van der Waals surface area contributed by atoms with Gasteiger partial charge in [0.05, 0.1) is 6.61 Å². The van der Waals surface area contributed by atoms with Gasteiger partial charge in [0.1, 0.15) is 24.1 Å². The monoisotopic (exact) mass is 243 g/mol. The summed E-state index contributed by atoms with van der Waals surface area (Å²) in [6.07, 6.45) is -3.27. The highest BCUT2D eigenvalue weighted by atomic mass is 16.6. The molecule has 1 aliphatic rings. The predicted octanol–water partition coefficient (Wildman–Crippen LogP) is -2.56. The van der Waals surface area contributed by atoms with Crippen molar-refractivity contribution in [3.05, 3.63) is 22.7 Å². The number of nitrogens with two attached hydrogens (primary N) is 1. The first-order valence-electron chi connectivity index (χ1n) is 5.01. The van der Waals surface area contributed by atoms with Gasteiger partial charge in [0.2, 0.25) is 0 Å². The fraction of sp³-hybridized carbons (Fsp3) is 0.556. The maximum Gasteiger partial charge on any atom is 0.351 e. The minimum Gasteiger partial charge on any atom is -0.394 e. The van der Waals surface area contributed by atoms with Crippen LogP contribution in [0.3, 0.4) is 0 Å². The molecule has 1 saturated heterocycles. The number of anilines is 1. The molecule has 1 aromatic rings. The lowest BCUT2D eigenvalue weighted by atomic mass is 10.1. The number of hydrogen-bond acceptors (Lipinski definition) is 7. The van der Waals surface area contributed by atoms with Gasteiger partial charge in [-0.2, -0.15) is 4.98 Å². The molecule has 94 valence electrons. The van der Waals surface area contributed by atoms with Crippen LogP contribution < -0.4 is 11.4 Å². The molecule has 0 radical (unpaired) electrons. The van der Waals surface area contributed by atoms with Gasteiger partial charge in [-0.15, -0.1) is 0 Å². The zero-order chi connectivity index (χ0) is 12.6. The summed E-state index contributed by atoms with van der Waals surface area (Å²) in [7, 11) is 0. The fourth-order valence-corrected chi connectivity index (χ4v) is 1.73. The van der Waals surface area contributed by atoms with Crippen LogP contribution in [0.25, 0.3) is 0 Å². The minimum absolute atomic E-state index is 0.0537. The number of aromatic nitrogens is 2. The van der Waals surface area contributed by atoms with Gasteiger partial charge in [0, 0.05) is 6.20 Å². The van der Waals surface area contributed by atoms with Gasteiger partial charge < -0.3 is 25.8 Å². The standard InChI is InChI=1S/C9H13N3O5/c10-5-1-2-12(9(16)11-5)8-7(15)6(14)4(3-13)17-8/h1-2,4,6-8,13-15H,3H2,(H2,10,11,16)/t4-,6-,7+,8?/m0/s1. The number of aliphatic hydroxyl groups excluding tert-OH is 3. The molecule has 17 heavy (non-hydrogen) atoms. The highest BCUT2D eigenvalue weighted by Gasteiger charge is 2.43. The molecule has 2 heterocycles. The summed E-state index contributed by atoms with van der Waals surface area (Å²) in [5, 5.41) is 28.2. The Labute approximate surface area is 95.9 Å². The number of rotatable bonds is 2. The lowest BCUT2D eigenvalue weighted by Crippen LogP contribution is -2.36. The number of ether oxygens (including phenoxy) is 1. The molecule has 1 fully saturated rings. The van der Waals surface area contributed by atoms with Gasteiger partial charge in [-0.25, -0.2) is 4.79 Å². The minimum atomic E-state index is -1.31. The van der Waals surface area contributed by atoms with Crippen LogP contribution in [0.15, 0.2) is 17.1 Å². The summed E-state index contributed by atoms with van der Waals surface area (Å²) in [5.41, 5.74) is 4.63. The largest absolute Gasteiger partial charge is 0.394 e. The van der Waals surface area contributed by atoms with Gasteiger partial charge in [0.15, 0.2) is 6.23 Å². The molecule has 0 aliphatic carbocycles. The first-order valence-corrected chi connectivity index (χ1v) is 5.01. The van der Waals surface area contributed by atoms with Crippen molar-refractivity contribution in [3.8, 4) is 0 Å². The summed E-state index contributed by atoms with van der Waals surface area (Å²) in [4.78, 5) is 15.0. The average Bonchev–Trinajstić information content (AvgIpc) is 2.57. The topological polar surface area (TPSA) is 131 Å². The van der Waals surface area contributed by atoms with Gasteiger partial charge >= 0.3 is 5.69 Å². The number of nitrogens with zero attached hydrogens (tertiary/aromatic N) is 2. The van der Waals surface area contributed by atoms with E-state index in [1.807, 2.05) is 0 Å². The van der Waals surface area contributed by atoms with Crippen molar-refractivity contribution in [2.24, 2.45) is 0 Å². The van der Waals surface area contributed by atoms with Crippen LogP contribution in [0, 0.1) is 0 Å². The Hall–Kier alpha value is -1.48. The molecule has 2 rings (SSSR count). The molecule has 5 N–H and O–H groups in total. The molecule has 4 atom stereocenters. The molecule has 0 bridgehead atoms. The summed E-state index contributed by atoms with van der Waals surface area (Å²) in [6.45, 7) is -0.453. The highest BCUT2D eigenvalue weighted by molar-refractivity contribution is 5.23. The molecule has 0 spiro atoms. The second-order valence-corrected chi connectivity index (χ2v) is 3.77.